The minimum absolute atomic E-state index is 0.0551. The SMILES string of the molecule is CCCCC/C=C\C/C=C\CCCCCCCCCC(=O)OC1C(OCC(COC(=O)CCCCCCCCCCC/C=C\CCCCCCCC)OC(=O)CCCCCCCCCCCCCCCCCCC)OC(C(=O)O)C(O)C1O. The first-order valence-electron chi connectivity index (χ1n) is 35.0. The van der Waals surface area contributed by atoms with Crippen molar-refractivity contribution in [1.29, 1.82) is 0 Å². The zero-order valence-electron chi connectivity index (χ0n) is 53.7. The summed E-state index contributed by atoms with van der Waals surface area (Å²) in [5, 5.41) is 31.6. The van der Waals surface area contributed by atoms with Gasteiger partial charge in [-0.1, -0.05) is 282 Å². The summed E-state index contributed by atoms with van der Waals surface area (Å²) in [5.41, 5.74) is 0. The second kappa shape index (κ2) is 59.3. The van der Waals surface area contributed by atoms with E-state index in [1.54, 1.807) is 0 Å². The summed E-state index contributed by atoms with van der Waals surface area (Å²) < 4.78 is 28.6. The Kier molecular flexibility index (Phi) is 55.7. The molecule has 3 N–H and O–H groups in total. The highest BCUT2D eigenvalue weighted by Crippen LogP contribution is 2.27. The Bertz CT molecular complexity index is 1580. The number of ether oxygens (including phenoxy) is 5. The third kappa shape index (κ3) is 48.7. The number of rotatable bonds is 61. The average Bonchev–Trinajstić information content (AvgIpc) is 3.55. The molecule has 1 fully saturated rings. The monoisotopic (exact) mass is 1170 g/mol. The zero-order chi connectivity index (χ0) is 60.3. The third-order valence-electron chi connectivity index (χ3n) is 16.2. The Morgan fingerprint density at radius 2 is 0.723 bits per heavy atom. The predicted octanol–water partition coefficient (Wildman–Crippen LogP) is 19.1. The quantitative estimate of drug-likeness (QED) is 0.0228. The maximum atomic E-state index is 13.2. The number of carbonyl (C=O) groups is 4. The normalized spacial score (nSPS) is 17.7. The van der Waals surface area contributed by atoms with Gasteiger partial charge < -0.3 is 39.0 Å². The molecular weight excluding hydrogens is 1040 g/mol. The van der Waals surface area contributed by atoms with Gasteiger partial charge in [0.2, 0.25) is 0 Å². The van der Waals surface area contributed by atoms with Crippen LogP contribution < -0.4 is 0 Å². The predicted molar refractivity (Wildman–Crippen MR) is 340 cm³/mol. The lowest BCUT2D eigenvalue weighted by molar-refractivity contribution is -0.301. The van der Waals surface area contributed by atoms with Crippen LogP contribution in [0.1, 0.15) is 342 Å². The molecule has 0 aliphatic carbocycles. The molecule has 0 radical (unpaired) electrons. The lowest BCUT2D eigenvalue weighted by Gasteiger charge is -2.40. The number of aliphatic hydroxyl groups is 2. The summed E-state index contributed by atoms with van der Waals surface area (Å²) in [6, 6.07) is 0. The second-order valence-corrected chi connectivity index (χ2v) is 24.2. The van der Waals surface area contributed by atoms with Crippen LogP contribution in [0.3, 0.4) is 0 Å². The van der Waals surface area contributed by atoms with Crippen LogP contribution in [0.4, 0.5) is 0 Å². The molecule has 1 rings (SSSR count). The maximum absolute atomic E-state index is 13.2. The van der Waals surface area contributed by atoms with Crippen molar-refractivity contribution >= 4 is 23.9 Å². The topological polar surface area (TPSA) is 175 Å². The van der Waals surface area contributed by atoms with E-state index < -0.39 is 67.3 Å². The molecule has 1 aliphatic heterocycles. The zero-order valence-corrected chi connectivity index (χ0v) is 53.7. The number of aliphatic carboxylic acids is 1. The van der Waals surface area contributed by atoms with Gasteiger partial charge in [-0.2, -0.15) is 0 Å². The third-order valence-corrected chi connectivity index (χ3v) is 16.2. The van der Waals surface area contributed by atoms with Crippen LogP contribution in [-0.4, -0.2) is 89.2 Å². The number of carboxylic acid groups (broad SMARTS) is 1. The van der Waals surface area contributed by atoms with E-state index >= 15 is 0 Å². The van der Waals surface area contributed by atoms with Gasteiger partial charge in [0.1, 0.15) is 18.8 Å². The molecule has 0 amide bonds. The molecular formula is C71H128O12. The first-order chi connectivity index (χ1) is 40.6. The van der Waals surface area contributed by atoms with Gasteiger partial charge in [-0.05, 0) is 77.0 Å². The van der Waals surface area contributed by atoms with Gasteiger partial charge in [0, 0.05) is 19.3 Å². The Morgan fingerprint density at radius 3 is 1.12 bits per heavy atom. The maximum Gasteiger partial charge on any atom is 0.335 e. The van der Waals surface area contributed by atoms with Gasteiger partial charge in [0.05, 0.1) is 6.61 Å². The number of esters is 3. The van der Waals surface area contributed by atoms with Crippen LogP contribution >= 0.6 is 0 Å². The summed E-state index contributed by atoms with van der Waals surface area (Å²) >= 11 is 0. The highest BCUT2D eigenvalue weighted by molar-refractivity contribution is 5.74. The summed E-state index contributed by atoms with van der Waals surface area (Å²) in [6.45, 7) is 6.03. The lowest BCUT2D eigenvalue weighted by atomic mass is 9.98. The largest absolute Gasteiger partial charge is 0.479 e. The first-order valence-corrected chi connectivity index (χ1v) is 35.0. The van der Waals surface area contributed by atoms with E-state index in [1.807, 2.05) is 0 Å². The van der Waals surface area contributed by atoms with Gasteiger partial charge in [-0.15, -0.1) is 0 Å². The molecule has 0 bridgehead atoms. The van der Waals surface area contributed by atoms with Crippen molar-refractivity contribution < 1.29 is 58.2 Å². The Balaban J connectivity index is 2.62. The standard InChI is InChI=1S/C71H128O12/c1-4-7-10-13-16-19-22-25-28-31-32-35-36-39-42-45-48-51-54-57-63(72)79-60-62(81-64(73)58-55-52-49-46-43-40-37-33-29-26-23-20-17-14-11-8-5-2)61-80-71-69(67(76)66(75)68(83-71)70(77)78)82-65(74)59-56-53-50-47-44-41-38-34-30-27-24-21-18-15-12-9-6-3/h18,21,25,27-28,30,62,66-69,71,75-76H,4-17,19-20,22-24,26,29,31-61H2,1-3H3,(H,77,78)/b21-18-,28-25-,30-27-. The lowest BCUT2D eigenvalue weighted by Crippen LogP contribution is -2.61. The van der Waals surface area contributed by atoms with Crippen molar-refractivity contribution in [1.82, 2.24) is 0 Å². The van der Waals surface area contributed by atoms with Gasteiger partial charge in [0.25, 0.3) is 0 Å². The van der Waals surface area contributed by atoms with Crippen LogP contribution in [0.25, 0.3) is 0 Å². The van der Waals surface area contributed by atoms with E-state index in [0.717, 1.165) is 96.3 Å². The molecule has 1 aliphatic rings. The average molecular weight is 1170 g/mol. The molecule has 0 saturated carbocycles. The highest BCUT2D eigenvalue weighted by atomic mass is 16.7. The minimum atomic E-state index is -1.90. The number of carbonyl (C=O) groups excluding carboxylic acids is 3. The van der Waals surface area contributed by atoms with E-state index in [9.17, 15) is 34.5 Å². The summed E-state index contributed by atoms with van der Waals surface area (Å²) in [7, 11) is 0. The molecule has 1 saturated heterocycles. The number of hydrogen-bond donors (Lipinski definition) is 3. The molecule has 0 aromatic carbocycles. The van der Waals surface area contributed by atoms with Crippen molar-refractivity contribution in [3.05, 3.63) is 36.5 Å². The summed E-state index contributed by atoms with van der Waals surface area (Å²) in [5.74, 6) is -3.09. The number of hydrogen-bond acceptors (Lipinski definition) is 11. The van der Waals surface area contributed by atoms with Crippen molar-refractivity contribution in [3.8, 4) is 0 Å². The molecule has 12 nitrogen and oxygen atoms in total. The number of allylic oxidation sites excluding steroid dienone is 6. The van der Waals surface area contributed by atoms with E-state index in [1.165, 1.54) is 186 Å². The summed E-state index contributed by atoms with van der Waals surface area (Å²) in [4.78, 5) is 51.5. The smallest absolute Gasteiger partial charge is 0.335 e. The number of unbranched alkanes of at least 4 members (excludes halogenated alkanes) is 41. The van der Waals surface area contributed by atoms with Crippen molar-refractivity contribution in [2.75, 3.05) is 13.2 Å². The van der Waals surface area contributed by atoms with E-state index in [4.69, 9.17) is 23.7 Å². The van der Waals surface area contributed by atoms with E-state index in [-0.39, 0.29) is 25.9 Å². The van der Waals surface area contributed by atoms with E-state index in [2.05, 4.69) is 57.2 Å². The van der Waals surface area contributed by atoms with Crippen LogP contribution in [0.2, 0.25) is 0 Å². The fourth-order valence-corrected chi connectivity index (χ4v) is 10.8. The molecule has 1 heterocycles. The fraction of sp³-hybridized carbons (Fsp3) is 0.859. The van der Waals surface area contributed by atoms with Gasteiger partial charge in [-0.25, -0.2) is 4.79 Å². The number of carboxylic acids is 1. The van der Waals surface area contributed by atoms with Gasteiger partial charge >= 0.3 is 23.9 Å². The van der Waals surface area contributed by atoms with Crippen LogP contribution in [0, 0.1) is 0 Å². The van der Waals surface area contributed by atoms with Gasteiger partial charge in [-0.3, -0.25) is 14.4 Å². The van der Waals surface area contributed by atoms with Gasteiger partial charge in [0.15, 0.2) is 24.6 Å². The fourth-order valence-electron chi connectivity index (χ4n) is 10.8. The molecule has 83 heavy (non-hydrogen) atoms. The molecule has 0 spiro atoms. The molecule has 12 heteroatoms. The highest BCUT2D eigenvalue weighted by Gasteiger charge is 2.50. The molecule has 0 aromatic rings. The van der Waals surface area contributed by atoms with Crippen LogP contribution in [0.15, 0.2) is 36.5 Å². The minimum Gasteiger partial charge on any atom is -0.479 e. The van der Waals surface area contributed by atoms with Crippen molar-refractivity contribution in [2.24, 2.45) is 0 Å². The Morgan fingerprint density at radius 1 is 0.398 bits per heavy atom. The molecule has 484 valence electrons. The summed E-state index contributed by atoms with van der Waals surface area (Å²) in [6.07, 6.45) is 59.5. The second-order valence-electron chi connectivity index (χ2n) is 24.2. The van der Waals surface area contributed by atoms with Crippen molar-refractivity contribution in [2.45, 2.75) is 379 Å². The van der Waals surface area contributed by atoms with Crippen LogP contribution in [-0.2, 0) is 42.9 Å². The molecule has 6 unspecified atom stereocenters. The molecule has 6 atom stereocenters. The van der Waals surface area contributed by atoms with E-state index in [0.29, 0.717) is 19.3 Å². The Labute approximate surface area is 508 Å². The first kappa shape index (κ1) is 78.0. The number of aliphatic hydroxyl groups excluding tert-OH is 2. The molecule has 0 aromatic heterocycles. The Hall–Kier alpha value is -3.06. The van der Waals surface area contributed by atoms with Crippen LogP contribution in [0.5, 0.6) is 0 Å². The van der Waals surface area contributed by atoms with Crippen molar-refractivity contribution in [3.63, 3.8) is 0 Å².